The van der Waals surface area contributed by atoms with Crippen LogP contribution in [0.5, 0.6) is 0 Å². The number of pyridine rings is 6. The summed E-state index contributed by atoms with van der Waals surface area (Å²) >= 11 is 0. The van der Waals surface area contributed by atoms with Gasteiger partial charge in [-0.05, 0) is 148 Å². The molecule has 9 heterocycles. The molecule has 0 fully saturated rings. The van der Waals surface area contributed by atoms with Gasteiger partial charge >= 0.3 is 0 Å². The zero-order chi connectivity index (χ0) is 90.2. The SMILES string of the molecule is [2H]C(C)(C)c1cc[n+](C)c(-c2c(C)ccc3c2oc2cc4c(cc23)-c2cccnc2C4(C([2H])([2H])[2H])C([2H])([2H])[2H])c1.[2H]C(C)(C)c1cc[n+](C)c(-c2c(C)ccc3c2oc2nc4c(cc23)-c2ccccc2C4(C([2H])([2H])[2H])C([2H])([2H])[2H])c1.[2H]C([2H])([2H])CC1(C([2H])([2H])C([2H])([2H])[2H])c2ccccc2-c2cc3c(nc21)oc1c(-c2cc(C([2H])(C)C)cc[n+]2C)c(C)ccc13. The molecule has 15 aromatic rings. The second-order valence-electron chi connectivity index (χ2n) is 28.0. The molecule has 1 atom stereocenters. The molecule has 1 unspecified atom stereocenters. The first-order valence-electron chi connectivity index (χ1n) is 45.3. The van der Waals surface area contributed by atoms with Crippen LogP contribution in [0.25, 0.3) is 133 Å². The minimum atomic E-state index is -3.16. The Kier molecular flexibility index (Phi) is 10.4. The van der Waals surface area contributed by atoms with Gasteiger partial charge in [-0.15, -0.1) is 0 Å². The Bertz CT molecular complexity index is 6660. The topological polar surface area (TPSA) is 89.7 Å². The van der Waals surface area contributed by atoms with Crippen molar-refractivity contribution in [2.75, 3.05) is 0 Å². The highest BCUT2D eigenvalue weighted by Gasteiger charge is 2.44. The second kappa shape index (κ2) is 23.9. The number of hydrogen-bond donors (Lipinski definition) is 0. The number of nitrogens with zero attached hydrogens (tertiary/aromatic N) is 6. The standard InChI is InChI=1S/C32H33N2O.2C30H29N2O/c1-7-32(8-2)26-12-10-9-11-22(26)24-18-25-23-14-13-20(5)28(29(23)35-31(25)33-30(24)32)27-17-21(19(3)4)15-16-34(27)6;1-17(2)19-11-13-32(6)25(14-19)27-18(3)9-10-20-23-15-22-21-8-7-12-31-29(21)30(4,5)24(22)16-26(23)33-28(20)27;1-17(2)19-13-14-32(6)25(15-19)26-18(3)11-12-21-23-16-22-20-9-7-8-10-24(20)30(4,5)28(22)31-29(23)33-27(21)26/h9-19H,7-8H2,1-6H3;2*7-17H,1-6H3/q3*+1/i1D3,2D3,7D2,19D;2*4D3,5D3,17D. The molecule has 0 amide bonds. The first-order valence-corrected chi connectivity index (χ1v) is 33.8. The van der Waals surface area contributed by atoms with Crippen molar-refractivity contribution >= 4 is 66.1 Å². The van der Waals surface area contributed by atoms with E-state index >= 15 is 0 Å². The first kappa shape index (κ1) is 44.0. The van der Waals surface area contributed by atoms with E-state index in [-0.39, 0.29) is 45.2 Å². The highest BCUT2D eigenvalue weighted by atomic mass is 16.3. The van der Waals surface area contributed by atoms with E-state index in [0.29, 0.717) is 66.5 Å². The van der Waals surface area contributed by atoms with E-state index in [2.05, 4.69) is 4.98 Å². The minimum Gasteiger partial charge on any atom is -0.455 e. The van der Waals surface area contributed by atoms with Crippen LogP contribution >= 0.6 is 0 Å². The predicted molar refractivity (Wildman–Crippen MR) is 413 cm³/mol. The lowest BCUT2D eigenvalue weighted by molar-refractivity contribution is -0.660. The summed E-state index contributed by atoms with van der Waals surface area (Å²) in [6.07, 6.45) is 3.46. The van der Waals surface area contributed by atoms with Gasteiger partial charge in [0.15, 0.2) is 29.8 Å². The number of rotatable bonds is 8. The Balaban J connectivity index is 0.000000138. The number of aryl methyl sites for hydroxylation is 6. The van der Waals surface area contributed by atoms with Gasteiger partial charge in [0.05, 0.1) is 33.8 Å². The maximum atomic E-state index is 9.01. The number of aromatic nitrogens is 6. The van der Waals surface area contributed by atoms with E-state index in [1.165, 1.54) is 6.20 Å². The van der Waals surface area contributed by atoms with Gasteiger partial charge in [-0.2, -0.15) is 0 Å². The zero-order valence-corrected chi connectivity index (χ0v) is 58.4. The maximum Gasteiger partial charge on any atom is 0.227 e. The van der Waals surface area contributed by atoms with Gasteiger partial charge in [-0.1, -0.05) is 174 Å². The van der Waals surface area contributed by atoms with Crippen molar-refractivity contribution in [1.82, 2.24) is 15.0 Å². The maximum absolute atomic E-state index is 9.01. The third-order valence-corrected chi connectivity index (χ3v) is 21.0. The average molecular weight is 1350 g/mol. The molecule has 18 rings (SSSR count). The largest absolute Gasteiger partial charge is 0.455 e. The highest BCUT2D eigenvalue weighted by Crippen LogP contribution is 2.55. The molecule has 0 spiro atoms. The number of fused-ring (bicyclic) bond motifs is 18. The van der Waals surface area contributed by atoms with E-state index < -0.39 is 87.8 Å². The molecular formula is C92H91N6O3+3. The lowest BCUT2D eigenvalue weighted by Crippen LogP contribution is -2.31. The molecule has 101 heavy (non-hydrogen) atoms. The van der Waals surface area contributed by atoms with Crippen LogP contribution in [0, 0.1) is 20.8 Å². The Labute approximate surface area is 625 Å². The van der Waals surface area contributed by atoms with E-state index in [1.54, 1.807) is 66.7 Å². The number of benzene rings is 6. The summed E-state index contributed by atoms with van der Waals surface area (Å²) in [5.74, 6) is -2.43. The lowest BCUT2D eigenvalue weighted by atomic mass is 9.76. The molecule has 0 bridgehead atoms. The smallest absolute Gasteiger partial charge is 0.227 e. The molecule has 9 aromatic heterocycles. The normalized spacial score (nSPS) is 19.7. The summed E-state index contributed by atoms with van der Waals surface area (Å²) in [6, 6.07) is 47.7. The van der Waals surface area contributed by atoms with Crippen molar-refractivity contribution in [3.8, 4) is 67.2 Å². The quantitative estimate of drug-likeness (QED) is 0.141. The summed E-state index contributed by atoms with van der Waals surface area (Å²) < 4.78 is 220. The highest BCUT2D eigenvalue weighted by molar-refractivity contribution is 6.13. The van der Waals surface area contributed by atoms with Crippen LogP contribution in [0.15, 0.2) is 196 Å². The number of furan rings is 3. The van der Waals surface area contributed by atoms with E-state index in [0.717, 1.165) is 88.7 Å². The molecule has 0 aliphatic heterocycles. The molecule has 0 N–H and O–H groups in total. The summed E-state index contributed by atoms with van der Waals surface area (Å²) in [5.41, 5.74) is 10.2. The Morgan fingerprint density at radius 2 is 0.871 bits per heavy atom. The third kappa shape index (κ3) is 9.98. The number of hydrogen-bond acceptors (Lipinski definition) is 6. The summed E-state index contributed by atoms with van der Waals surface area (Å²) in [5, 5.41) is 4.47. The molecule has 0 saturated heterocycles. The van der Waals surface area contributed by atoms with Crippen LogP contribution in [0.4, 0.5) is 0 Å². The van der Waals surface area contributed by atoms with Crippen molar-refractivity contribution in [2.45, 2.75) is 150 Å². The summed E-state index contributed by atoms with van der Waals surface area (Å²) in [6.45, 7) is -0.452. The van der Waals surface area contributed by atoms with E-state index in [1.807, 2.05) is 207 Å². The second-order valence-corrected chi connectivity index (χ2v) is 28.0. The monoisotopic (exact) mass is 1350 g/mol. The Hall–Kier alpha value is -10.4. The third-order valence-electron chi connectivity index (χ3n) is 21.0. The van der Waals surface area contributed by atoms with Gasteiger partial charge in [0.2, 0.25) is 28.5 Å². The van der Waals surface area contributed by atoms with Crippen LogP contribution in [0.2, 0.25) is 0 Å². The fourth-order valence-corrected chi connectivity index (χ4v) is 15.4. The summed E-state index contributed by atoms with van der Waals surface area (Å²) in [7, 11) is 5.79. The lowest BCUT2D eigenvalue weighted by Gasteiger charge is -2.28. The van der Waals surface area contributed by atoms with Crippen molar-refractivity contribution in [2.24, 2.45) is 21.1 Å². The van der Waals surface area contributed by atoms with E-state index in [4.69, 9.17) is 54.7 Å². The molecule has 9 nitrogen and oxygen atoms in total. The first-order chi connectivity index (χ1) is 57.4. The fourth-order valence-electron chi connectivity index (χ4n) is 15.4. The Morgan fingerprint density at radius 3 is 1.38 bits per heavy atom. The van der Waals surface area contributed by atoms with Crippen molar-refractivity contribution in [1.29, 1.82) is 0 Å². The van der Waals surface area contributed by atoms with Gasteiger partial charge < -0.3 is 13.3 Å². The van der Waals surface area contributed by atoms with E-state index in [9.17, 15) is 0 Å². The van der Waals surface area contributed by atoms with Gasteiger partial charge in [-0.3, -0.25) is 4.98 Å². The van der Waals surface area contributed by atoms with Crippen LogP contribution in [0.1, 0.15) is 212 Å². The van der Waals surface area contributed by atoms with Crippen LogP contribution < -0.4 is 13.7 Å². The van der Waals surface area contributed by atoms with Crippen molar-refractivity contribution < 1.29 is 58.5 Å². The predicted octanol–water partition coefficient (Wildman–Crippen LogP) is 22.4. The fraction of sp³-hybridized carbons (Fsp3) is 0.283. The van der Waals surface area contributed by atoms with Gasteiger partial charge in [0.1, 0.15) is 32.3 Å². The minimum absolute atomic E-state index is 0.0120. The molecule has 6 aromatic carbocycles. The van der Waals surface area contributed by atoms with Crippen molar-refractivity contribution in [3.63, 3.8) is 0 Å². The molecular weight excluding hydrogens is 1240 g/mol. The zero-order valence-electron chi connectivity index (χ0n) is 81.4. The molecule has 3 aliphatic carbocycles. The average Bonchev–Trinajstić information content (AvgIpc) is 1.52. The van der Waals surface area contributed by atoms with Crippen LogP contribution in [-0.4, -0.2) is 15.0 Å². The van der Waals surface area contributed by atoms with Gasteiger partial charge in [0.25, 0.3) is 0 Å². The van der Waals surface area contributed by atoms with Gasteiger partial charge in [0, 0.05) is 139 Å². The molecule has 9 heteroatoms. The van der Waals surface area contributed by atoms with Gasteiger partial charge in [-0.25, -0.2) is 23.7 Å². The molecule has 3 aliphatic rings. The van der Waals surface area contributed by atoms with Crippen molar-refractivity contribution in [3.05, 3.63) is 250 Å². The molecule has 0 saturated carbocycles. The summed E-state index contributed by atoms with van der Waals surface area (Å²) in [4.78, 5) is 13.9. The van der Waals surface area contributed by atoms with Crippen LogP contribution in [-0.2, 0) is 37.4 Å². The Morgan fingerprint density at radius 1 is 0.426 bits per heavy atom. The molecule has 0 radical (unpaired) electrons. The molecule has 504 valence electrons. The van der Waals surface area contributed by atoms with Crippen LogP contribution in [0.3, 0.4) is 0 Å².